The van der Waals surface area contributed by atoms with Gasteiger partial charge in [0.05, 0.1) is 0 Å². The number of para-hydroxylation sites is 1. The first-order valence-corrected chi connectivity index (χ1v) is 7.32. The van der Waals surface area contributed by atoms with Gasteiger partial charge in [0.2, 0.25) is 0 Å². The summed E-state index contributed by atoms with van der Waals surface area (Å²) in [5, 5.41) is 3.39. The Bertz CT molecular complexity index is 598. The SMILES string of the molecule is CCNC(C)c1ccccc1OCc1ccc(F)cc1C. The minimum absolute atomic E-state index is 0.211. The number of hydrogen-bond donors (Lipinski definition) is 1. The first-order chi connectivity index (χ1) is 10.1. The average Bonchev–Trinajstić information content (AvgIpc) is 2.47. The number of halogens is 1. The molecule has 0 saturated carbocycles. The molecule has 1 atom stereocenters. The molecule has 0 bridgehead atoms. The predicted molar refractivity (Wildman–Crippen MR) is 84.0 cm³/mol. The Labute approximate surface area is 126 Å². The summed E-state index contributed by atoms with van der Waals surface area (Å²) >= 11 is 0. The molecule has 0 aromatic heterocycles. The molecule has 0 saturated heterocycles. The summed E-state index contributed by atoms with van der Waals surface area (Å²) in [7, 11) is 0. The molecule has 21 heavy (non-hydrogen) atoms. The van der Waals surface area contributed by atoms with Gasteiger partial charge in [-0.25, -0.2) is 4.39 Å². The molecule has 0 heterocycles. The third-order valence-electron chi connectivity index (χ3n) is 3.58. The minimum atomic E-state index is -0.211. The van der Waals surface area contributed by atoms with Crippen LogP contribution in [0.3, 0.4) is 0 Å². The van der Waals surface area contributed by atoms with Crippen LogP contribution >= 0.6 is 0 Å². The van der Waals surface area contributed by atoms with Crippen LogP contribution in [0.2, 0.25) is 0 Å². The van der Waals surface area contributed by atoms with E-state index in [4.69, 9.17) is 4.74 Å². The van der Waals surface area contributed by atoms with Crippen molar-refractivity contribution >= 4 is 0 Å². The average molecular weight is 287 g/mol. The Hall–Kier alpha value is -1.87. The Morgan fingerprint density at radius 2 is 1.95 bits per heavy atom. The monoisotopic (exact) mass is 287 g/mol. The summed E-state index contributed by atoms with van der Waals surface area (Å²) in [6, 6.07) is 13.0. The molecular formula is C18H22FNO. The summed E-state index contributed by atoms with van der Waals surface area (Å²) in [5.41, 5.74) is 3.05. The number of rotatable bonds is 6. The highest BCUT2D eigenvalue weighted by molar-refractivity contribution is 5.36. The lowest BCUT2D eigenvalue weighted by molar-refractivity contribution is 0.299. The molecule has 2 nitrogen and oxygen atoms in total. The zero-order valence-electron chi connectivity index (χ0n) is 12.8. The Kier molecular flexibility index (Phi) is 5.34. The van der Waals surface area contributed by atoms with Crippen LogP contribution in [0.15, 0.2) is 42.5 Å². The van der Waals surface area contributed by atoms with Gasteiger partial charge in [0.1, 0.15) is 18.2 Å². The topological polar surface area (TPSA) is 21.3 Å². The summed E-state index contributed by atoms with van der Waals surface area (Å²) in [6.45, 7) is 7.46. The summed E-state index contributed by atoms with van der Waals surface area (Å²) in [5.74, 6) is 0.659. The molecule has 0 aliphatic carbocycles. The summed E-state index contributed by atoms with van der Waals surface area (Å²) in [4.78, 5) is 0. The highest BCUT2D eigenvalue weighted by atomic mass is 19.1. The van der Waals surface area contributed by atoms with Crippen LogP contribution in [0, 0.1) is 12.7 Å². The van der Waals surface area contributed by atoms with E-state index < -0.39 is 0 Å². The Balaban J connectivity index is 2.13. The zero-order chi connectivity index (χ0) is 15.2. The number of aryl methyl sites for hydroxylation is 1. The van der Waals surface area contributed by atoms with Gasteiger partial charge in [-0.05, 0) is 49.7 Å². The van der Waals surface area contributed by atoms with Crippen LogP contribution < -0.4 is 10.1 Å². The van der Waals surface area contributed by atoms with Crippen LogP contribution in [0.5, 0.6) is 5.75 Å². The summed E-state index contributed by atoms with van der Waals surface area (Å²) < 4.78 is 19.1. The normalized spacial score (nSPS) is 12.2. The lowest BCUT2D eigenvalue weighted by Crippen LogP contribution is -2.18. The highest BCUT2D eigenvalue weighted by Gasteiger charge is 2.10. The molecule has 0 spiro atoms. The second-order valence-corrected chi connectivity index (χ2v) is 5.18. The van der Waals surface area contributed by atoms with E-state index >= 15 is 0 Å². The van der Waals surface area contributed by atoms with Crippen molar-refractivity contribution in [2.24, 2.45) is 0 Å². The second-order valence-electron chi connectivity index (χ2n) is 5.18. The van der Waals surface area contributed by atoms with Gasteiger partial charge in [-0.3, -0.25) is 0 Å². The molecule has 3 heteroatoms. The molecule has 2 aromatic rings. The third-order valence-corrected chi connectivity index (χ3v) is 3.58. The maximum absolute atomic E-state index is 13.1. The van der Waals surface area contributed by atoms with E-state index in [1.807, 2.05) is 25.1 Å². The first kappa shape index (κ1) is 15.5. The fourth-order valence-electron chi connectivity index (χ4n) is 2.36. The van der Waals surface area contributed by atoms with Crippen LogP contribution in [0.25, 0.3) is 0 Å². The molecule has 2 aromatic carbocycles. The quantitative estimate of drug-likeness (QED) is 0.851. The van der Waals surface area contributed by atoms with Crippen molar-refractivity contribution in [3.8, 4) is 5.75 Å². The van der Waals surface area contributed by atoms with E-state index in [2.05, 4.69) is 25.2 Å². The van der Waals surface area contributed by atoms with E-state index in [-0.39, 0.29) is 11.9 Å². The number of ether oxygens (including phenoxy) is 1. The largest absolute Gasteiger partial charge is 0.489 e. The van der Waals surface area contributed by atoms with Crippen molar-refractivity contribution in [1.82, 2.24) is 5.32 Å². The van der Waals surface area contributed by atoms with Gasteiger partial charge >= 0.3 is 0 Å². The van der Waals surface area contributed by atoms with Gasteiger partial charge in [-0.15, -0.1) is 0 Å². The number of nitrogens with one attached hydrogen (secondary N) is 1. The van der Waals surface area contributed by atoms with E-state index in [0.29, 0.717) is 6.61 Å². The van der Waals surface area contributed by atoms with Crippen molar-refractivity contribution in [3.05, 3.63) is 65.0 Å². The molecule has 0 amide bonds. The lowest BCUT2D eigenvalue weighted by Gasteiger charge is -2.18. The lowest BCUT2D eigenvalue weighted by atomic mass is 10.1. The van der Waals surface area contributed by atoms with Crippen LogP contribution in [0.1, 0.15) is 36.6 Å². The van der Waals surface area contributed by atoms with Crippen molar-refractivity contribution in [1.29, 1.82) is 0 Å². The van der Waals surface area contributed by atoms with Crippen LogP contribution in [-0.2, 0) is 6.61 Å². The van der Waals surface area contributed by atoms with E-state index in [0.717, 1.165) is 29.0 Å². The Morgan fingerprint density at radius 1 is 1.19 bits per heavy atom. The van der Waals surface area contributed by atoms with Crippen molar-refractivity contribution in [3.63, 3.8) is 0 Å². The number of benzene rings is 2. The maximum atomic E-state index is 13.1. The van der Waals surface area contributed by atoms with E-state index in [1.54, 1.807) is 6.07 Å². The van der Waals surface area contributed by atoms with Crippen molar-refractivity contribution < 1.29 is 9.13 Å². The van der Waals surface area contributed by atoms with E-state index in [9.17, 15) is 4.39 Å². The maximum Gasteiger partial charge on any atom is 0.124 e. The smallest absolute Gasteiger partial charge is 0.124 e. The fourth-order valence-corrected chi connectivity index (χ4v) is 2.36. The zero-order valence-corrected chi connectivity index (χ0v) is 12.8. The predicted octanol–water partition coefficient (Wildman–Crippen LogP) is 4.38. The van der Waals surface area contributed by atoms with Gasteiger partial charge in [0.25, 0.3) is 0 Å². The molecule has 0 radical (unpaired) electrons. The molecule has 112 valence electrons. The standard InChI is InChI=1S/C18H22FNO/c1-4-20-14(3)17-7-5-6-8-18(17)21-12-15-9-10-16(19)11-13(15)2/h5-11,14,20H,4,12H2,1-3H3. The van der Waals surface area contributed by atoms with Gasteiger partial charge < -0.3 is 10.1 Å². The van der Waals surface area contributed by atoms with Gasteiger partial charge in [0.15, 0.2) is 0 Å². The molecule has 0 aliphatic heterocycles. The highest BCUT2D eigenvalue weighted by Crippen LogP contribution is 2.26. The van der Waals surface area contributed by atoms with Gasteiger partial charge in [-0.1, -0.05) is 31.2 Å². The fraction of sp³-hybridized carbons (Fsp3) is 0.333. The summed E-state index contributed by atoms with van der Waals surface area (Å²) in [6.07, 6.45) is 0. The van der Waals surface area contributed by atoms with Crippen LogP contribution in [-0.4, -0.2) is 6.54 Å². The van der Waals surface area contributed by atoms with Crippen LogP contribution in [0.4, 0.5) is 4.39 Å². The molecule has 2 rings (SSSR count). The molecule has 0 fully saturated rings. The van der Waals surface area contributed by atoms with Crippen molar-refractivity contribution in [2.75, 3.05) is 6.54 Å². The second kappa shape index (κ2) is 7.23. The third kappa shape index (κ3) is 4.05. The molecule has 0 aliphatic rings. The number of hydrogen-bond acceptors (Lipinski definition) is 2. The van der Waals surface area contributed by atoms with Crippen molar-refractivity contribution in [2.45, 2.75) is 33.4 Å². The molecule has 1 N–H and O–H groups in total. The molecular weight excluding hydrogens is 265 g/mol. The van der Waals surface area contributed by atoms with Gasteiger partial charge in [0, 0.05) is 11.6 Å². The van der Waals surface area contributed by atoms with Gasteiger partial charge in [-0.2, -0.15) is 0 Å². The molecule has 1 unspecified atom stereocenters. The Morgan fingerprint density at radius 3 is 2.67 bits per heavy atom. The van der Waals surface area contributed by atoms with E-state index in [1.165, 1.54) is 12.1 Å². The minimum Gasteiger partial charge on any atom is -0.489 e. The first-order valence-electron chi connectivity index (χ1n) is 7.32.